The van der Waals surface area contributed by atoms with Crippen LogP contribution in [0, 0.1) is 11.7 Å². The van der Waals surface area contributed by atoms with Crippen molar-refractivity contribution in [2.24, 2.45) is 5.92 Å². The van der Waals surface area contributed by atoms with Gasteiger partial charge in [0.2, 0.25) is 5.91 Å². The molecule has 4 rings (SSSR count). The zero-order valence-corrected chi connectivity index (χ0v) is 14.3. The molecule has 130 valence electrons. The Balaban J connectivity index is 1.52. The number of amides is 1. The summed E-state index contributed by atoms with van der Waals surface area (Å²) in [5, 5.41) is 0. The molecule has 4 heteroatoms. The van der Waals surface area contributed by atoms with Crippen LogP contribution >= 0.6 is 0 Å². The Hall–Kier alpha value is -2.23. The van der Waals surface area contributed by atoms with Crippen LogP contribution in [-0.2, 0) is 4.79 Å². The number of benzene rings is 1. The van der Waals surface area contributed by atoms with Gasteiger partial charge in [0.25, 0.3) is 0 Å². The van der Waals surface area contributed by atoms with Gasteiger partial charge in [-0.3, -0.25) is 9.78 Å². The van der Waals surface area contributed by atoms with Gasteiger partial charge in [-0.05, 0) is 60.6 Å². The maximum Gasteiger partial charge on any atom is 0.226 e. The lowest BCUT2D eigenvalue weighted by atomic mass is 10.0. The van der Waals surface area contributed by atoms with E-state index in [9.17, 15) is 9.18 Å². The minimum Gasteiger partial charge on any atom is -0.335 e. The molecule has 1 saturated heterocycles. The first kappa shape index (κ1) is 16.2. The number of rotatable bonds is 3. The SMILES string of the molecule is O=C([C@@H]1C[C@H]1c1ccc(F)cc1)N1CCCCC[C@H]1c1ccncc1. The molecule has 0 unspecified atom stereocenters. The summed E-state index contributed by atoms with van der Waals surface area (Å²) >= 11 is 0. The van der Waals surface area contributed by atoms with Gasteiger partial charge >= 0.3 is 0 Å². The fraction of sp³-hybridized carbons (Fsp3) is 0.429. The smallest absolute Gasteiger partial charge is 0.226 e. The van der Waals surface area contributed by atoms with E-state index >= 15 is 0 Å². The monoisotopic (exact) mass is 338 g/mol. The van der Waals surface area contributed by atoms with E-state index in [0.717, 1.165) is 37.8 Å². The molecule has 0 spiro atoms. The number of carbonyl (C=O) groups is 1. The Morgan fingerprint density at radius 3 is 2.52 bits per heavy atom. The topological polar surface area (TPSA) is 33.2 Å². The molecule has 2 aliphatic rings. The number of nitrogens with zero attached hydrogens (tertiary/aromatic N) is 2. The van der Waals surface area contributed by atoms with E-state index in [1.165, 1.54) is 24.1 Å². The molecular formula is C21H23FN2O. The van der Waals surface area contributed by atoms with Crippen LogP contribution in [-0.4, -0.2) is 22.3 Å². The first-order valence-electron chi connectivity index (χ1n) is 9.20. The number of carbonyl (C=O) groups excluding carboxylic acids is 1. The fourth-order valence-electron chi connectivity index (χ4n) is 4.06. The Labute approximate surface area is 147 Å². The third kappa shape index (κ3) is 3.44. The molecule has 1 aromatic heterocycles. The third-order valence-electron chi connectivity index (χ3n) is 5.53. The second-order valence-corrected chi connectivity index (χ2v) is 7.18. The Kier molecular flexibility index (Phi) is 4.51. The van der Waals surface area contributed by atoms with Crippen molar-refractivity contribution in [2.75, 3.05) is 6.54 Å². The van der Waals surface area contributed by atoms with Crippen LogP contribution in [0.1, 0.15) is 55.2 Å². The summed E-state index contributed by atoms with van der Waals surface area (Å²) in [5.41, 5.74) is 2.26. The van der Waals surface area contributed by atoms with E-state index in [2.05, 4.69) is 9.88 Å². The van der Waals surface area contributed by atoms with Crippen molar-refractivity contribution in [1.29, 1.82) is 0 Å². The van der Waals surface area contributed by atoms with Gasteiger partial charge in [0.15, 0.2) is 0 Å². The van der Waals surface area contributed by atoms with Gasteiger partial charge in [0.05, 0.1) is 6.04 Å². The van der Waals surface area contributed by atoms with Gasteiger partial charge in [0.1, 0.15) is 5.82 Å². The number of hydrogen-bond donors (Lipinski definition) is 0. The summed E-state index contributed by atoms with van der Waals surface area (Å²) in [6.45, 7) is 0.832. The summed E-state index contributed by atoms with van der Waals surface area (Å²) in [4.78, 5) is 19.4. The average Bonchev–Trinajstić information content (AvgIpc) is 3.46. The molecule has 2 heterocycles. The van der Waals surface area contributed by atoms with Crippen LogP contribution in [0.25, 0.3) is 0 Å². The standard InChI is InChI=1S/C21H23FN2O/c22-17-7-5-15(6-8-17)18-14-19(18)21(25)24-13-3-1-2-4-20(24)16-9-11-23-12-10-16/h5-12,18-20H,1-4,13-14H2/t18-,19+,20-/m0/s1. The molecule has 2 fully saturated rings. The van der Waals surface area contributed by atoms with Crippen molar-refractivity contribution in [3.63, 3.8) is 0 Å². The summed E-state index contributed by atoms with van der Waals surface area (Å²) < 4.78 is 13.1. The molecule has 1 amide bonds. The van der Waals surface area contributed by atoms with E-state index in [4.69, 9.17) is 0 Å². The summed E-state index contributed by atoms with van der Waals surface area (Å²) in [6.07, 6.45) is 8.91. The Morgan fingerprint density at radius 1 is 1.00 bits per heavy atom. The minimum atomic E-state index is -0.224. The number of aromatic nitrogens is 1. The van der Waals surface area contributed by atoms with Crippen molar-refractivity contribution in [2.45, 2.75) is 44.1 Å². The first-order valence-corrected chi connectivity index (χ1v) is 9.20. The van der Waals surface area contributed by atoms with Crippen LogP contribution in [0.3, 0.4) is 0 Å². The van der Waals surface area contributed by atoms with E-state index in [-0.39, 0.29) is 29.6 Å². The normalized spacial score (nSPS) is 26.1. The predicted molar refractivity (Wildman–Crippen MR) is 94.4 cm³/mol. The lowest BCUT2D eigenvalue weighted by Gasteiger charge is -2.31. The molecule has 1 aromatic carbocycles. The van der Waals surface area contributed by atoms with Crippen molar-refractivity contribution >= 4 is 5.91 Å². The molecule has 3 atom stereocenters. The van der Waals surface area contributed by atoms with Crippen molar-refractivity contribution in [3.05, 3.63) is 65.7 Å². The highest BCUT2D eigenvalue weighted by Gasteiger charge is 2.47. The van der Waals surface area contributed by atoms with Gasteiger partial charge in [-0.2, -0.15) is 0 Å². The number of pyridine rings is 1. The van der Waals surface area contributed by atoms with E-state index in [0.29, 0.717) is 0 Å². The van der Waals surface area contributed by atoms with Crippen molar-refractivity contribution in [3.8, 4) is 0 Å². The van der Waals surface area contributed by atoms with Crippen LogP contribution in [0.2, 0.25) is 0 Å². The van der Waals surface area contributed by atoms with E-state index in [1.807, 2.05) is 24.3 Å². The highest BCUT2D eigenvalue weighted by atomic mass is 19.1. The molecule has 2 aromatic rings. The van der Waals surface area contributed by atoms with Crippen molar-refractivity contribution in [1.82, 2.24) is 9.88 Å². The first-order chi connectivity index (χ1) is 12.2. The second-order valence-electron chi connectivity index (χ2n) is 7.18. The summed E-state index contributed by atoms with van der Waals surface area (Å²) in [5.74, 6) is 0.331. The average molecular weight is 338 g/mol. The predicted octanol–water partition coefficient (Wildman–Crippen LogP) is 4.47. The van der Waals surface area contributed by atoms with Crippen molar-refractivity contribution < 1.29 is 9.18 Å². The van der Waals surface area contributed by atoms with Crippen LogP contribution < -0.4 is 0 Å². The van der Waals surface area contributed by atoms with Gasteiger partial charge < -0.3 is 4.90 Å². The number of likely N-dealkylation sites (tertiary alicyclic amines) is 1. The number of halogens is 1. The Bertz CT molecular complexity index is 731. The van der Waals surface area contributed by atoms with E-state index < -0.39 is 0 Å². The highest BCUT2D eigenvalue weighted by molar-refractivity contribution is 5.83. The molecule has 0 bridgehead atoms. The van der Waals surface area contributed by atoms with Gasteiger partial charge in [-0.15, -0.1) is 0 Å². The third-order valence-corrected chi connectivity index (χ3v) is 5.53. The molecule has 1 aliphatic heterocycles. The quantitative estimate of drug-likeness (QED) is 0.827. The summed E-state index contributed by atoms with van der Waals surface area (Å²) in [6, 6.07) is 10.8. The molecule has 0 radical (unpaired) electrons. The zero-order valence-electron chi connectivity index (χ0n) is 14.3. The highest BCUT2D eigenvalue weighted by Crippen LogP contribution is 2.49. The molecule has 3 nitrogen and oxygen atoms in total. The molecular weight excluding hydrogens is 315 g/mol. The number of hydrogen-bond acceptors (Lipinski definition) is 2. The van der Waals surface area contributed by atoms with Crippen LogP contribution in [0.4, 0.5) is 4.39 Å². The second kappa shape index (κ2) is 6.95. The Morgan fingerprint density at radius 2 is 1.76 bits per heavy atom. The summed E-state index contributed by atoms with van der Waals surface area (Å²) in [7, 11) is 0. The fourth-order valence-corrected chi connectivity index (χ4v) is 4.06. The largest absolute Gasteiger partial charge is 0.335 e. The zero-order chi connectivity index (χ0) is 17.2. The van der Waals surface area contributed by atoms with E-state index in [1.54, 1.807) is 12.4 Å². The van der Waals surface area contributed by atoms with Crippen LogP contribution in [0.5, 0.6) is 0 Å². The molecule has 1 aliphatic carbocycles. The van der Waals surface area contributed by atoms with Gasteiger partial charge in [0, 0.05) is 24.9 Å². The minimum absolute atomic E-state index is 0.0490. The maximum absolute atomic E-state index is 13.2. The van der Waals surface area contributed by atoms with Crippen LogP contribution in [0.15, 0.2) is 48.8 Å². The lowest BCUT2D eigenvalue weighted by Crippen LogP contribution is -2.36. The molecule has 25 heavy (non-hydrogen) atoms. The maximum atomic E-state index is 13.2. The molecule has 1 saturated carbocycles. The lowest BCUT2D eigenvalue weighted by molar-refractivity contribution is -0.135. The van der Waals surface area contributed by atoms with Gasteiger partial charge in [-0.1, -0.05) is 25.0 Å². The van der Waals surface area contributed by atoms with Gasteiger partial charge in [-0.25, -0.2) is 4.39 Å². The molecule has 0 N–H and O–H groups in total.